The number of pyridine rings is 1. The normalized spacial score (nSPS) is 15.8. The Morgan fingerprint density at radius 3 is 2.79 bits per heavy atom. The van der Waals surface area contributed by atoms with Crippen LogP contribution in [0.3, 0.4) is 0 Å². The fourth-order valence-electron chi connectivity index (χ4n) is 2.64. The van der Waals surface area contributed by atoms with Gasteiger partial charge in [0.1, 0.15) is 11.3 Å². The average molecular weight is 371 g/mol. The highest BCUT2D eigenvalue weighted by Gasteiger charge is 2.23. The lowest BCUT2D eigenvalue weighted by Crippen LogP contribution is -2.25. The second kappa shape index (κ2) is 7.08. The maximum Gasteiger partial charge on any atom is 0.261 e. The molecular formula is C15H19ClN4O3S. The molecule has 7 nitrogen and oxygen atoms in total. The molecule has 0 unspecified atom stereocenters. The number of halogens is 1. The predicted octanol–water partition coefficient (Wildman–Crippen LogP) is 2.27. The van der Waals surface area contributed by atoms with Gasteiger partial charge in [0, 0.05) is 25.4 Å². The highest BCUT2D eigenvalue weighted by atomic mass is 35.5. The minimum atomic E-state index is -3.81. The number of ether oxygens (including phenoxy) is 1. The Morgan fingerprint density at radius 1 is 1.38 bits per heavy atom. The summed E-state index contributed by atoms with van der Waals surface area (Å²) >= 11 is 5.96. The van der Waals surface area contributed by atoms with E-state index in [-0.39, 0.29) is 22.8 Å². The van der Waals surface area contributed by atoms with Crippen molar-refractivity contribution >= 4 is 21.6 Å². The minimum absolute atomic E-state index is 0.0606. The molecule has 1 saturated carbocycles. The Labute approximate surface area is 146 Å². The van der Waals surface area contributed by atoms with Crippen molar-refractivity contribution in [3.05, 3.63) is 35.4 Å². The lowest BCUT2D eigenvalue weighted by Gasteiger charge is -2.15. The van der Waals surface area contributed by atoms with Gasteiger partial charge in [0.05, 0.1) is 6.33 Å². The highest BCUT2D eigenvalue weighted by molar-refractivity contribution is 7.89. The fraction of sp³-hybridized carbons (Fsp3) is 0.467. The molecule has 9 heteroatoms. The van der Waals surface area contributed by atoms with Crippen molar-refractivity contribution < 1.29 is 13.2 Å². The average Bonchev–Trinajstić information content (AvgIpc) is 3.18. The summed E-state index contributed by atoms with van der Waals surface area (Å²) in [7, 11) is -2.18. The Hall–Kier alpha value is -1.64. The zero-order valence-electron chi connectivity index (χ0n) is 13.3. The van der Waals surface area contributed by atoms with Crippen LogP contribution in [-0.4, -0.2) is 29.1 Å². The van der Waals surface area contributed by atoms with Crippen molar-refractivity contribution in [2.75, 3.05) is 0 Å². The molecule has 0 amide bonds. The fourth-order valence-corrected chi connectivity index (χ4v) is 4.08. The maximum atomic E-state index is 12.4. The standard InChI is InChI=1S/C15H19ClN4O3S/c1-20-10-18-15(13(20)16)24(21,22)19-9-11-5-4-8-17-14(11)23-12-6-2-3-7-12/h4-5,8,10,12,19H,2-3,6-7,9H2,1H3. The molecule has 0 atom stereocenters. The van der Waals surface area contributed by atoms with Gasteiger partial charge in [0.2, 0.25) is 10.9 Å². The first-order chi connectivity index (χ1) is 11.5. The predicted molar refractivity (Wildman–Crippen MR) is 89.4 cm³/mol. The first-order valence-electron chi connectivity index (χ1n) is 7.74. The summed E-state index contributed by atoms with van der Waals surface area (Å²) in [6.45, 7) is 0.0606. The van der Waals surface area contributed by atoms with Gasteiger partial charge in [-0.05, 0) is 31.7 Å². The van der Waals surface area contributed by atoms with Crippen LogP contribution < -0.4 is 9.46 Å². The Morgan fingerprint density at radius 2 is 2.12 bits per heavy atom. The van der Waals surface area contributed by atoms with Crippen LogP contribution >= 0.6 is 11.6 Å². The van der Waals surface area contributed by atoms with Gasteiger partial charge < -0.3 is 9.30 Å². The van der Waals surface area contributed by atoms with Crippen LogP contribution in [0.4, 0.5) is 0 Å². The van der Waals surface area contributed by atoms with E-state index in [4.69, 9.17) is 16.3 Å². The lowest BCUT2D eigenvalue weighted by molar-refractivity contribution is 0.199. The number of rotatable bonds is 6. The molecule has 0 spiro atoms. The molecule has 0 aliphatic heterocycles. The van der Waals surface area contributed by atoms with E-state index < -0.39 is 10.0 Å². The summed E-state index contributed by atoms with van der Waals surface area (Å²) in [6.07, 6.45) is 7.46. The third kappa shape index (κ3) is 3.71. The number of imidazole rings is 1. The Balaban J connectivity index is 1.73. The van der Waals surface area contributed by atoms with Gasteiger partial charge in [-0.2, -0.15) is 0 Å². The molecule has 0 aromatic carbocycles. The zero-order chi connectivity index (χ0) is 17.2. The van der Waals surface area contributed by atoms with E-state index in [1.54, 1.807) is 25.4 Å². The number of hydrogen-bond donors (Lipinski definition) is 1. The van der Waals surface area contributed by atoms with E-state index >= 15 is 0 Å². The van der Waals surface area contributed by atoms with E-state index in [0.717, 1.165) is 25.7 Å². The van der Waals surface area contributed by atoms with Crippen LogP contribution in [0.1, 0.15) is 31.2 Å². The van der Waals surface area contributed by atoms with E-state index in [2.05, 4.69) is 14.7 Å². The van der Waals surface area contributed by atoms with Crippen molar-refractivity contribution in [1.82, 2.24) is 19.3 Å². The van der Waals surface area contributed by atoms with Gasteiger partial charge in [-0.25, -0.2) is 23.1 Å². The Kier molecular flexibility index (Phi) is 5.07. The second-order valence-electron chi connectivity index (χ2n) is 5.77. The molecule has 0 radical (unpaired) electrons. The molecule has 0 saturated heterocycles. The molecule has 1 aliphatic rings. The summed E-state index contributed by atoms with van der Waals surface area (Å²) in [5.41, 5.74) is 0.681. The molecule has 2 aromatic rings. The molecule has 1 fully saturated rings. The molecular weight excluding hydrogens is 352 g/mol. The van der Waals surface area contributed by atoms with Crippen LogP contribution in [0.25, 0.3) is 0 Å². The molecule has 2 aromatic heterocycles. The molecule has 1 N–H and O–H groups in total. The Bertz CT molecular complexity index is 816. The summed E-state index contributed by atoms with van der Waals surface area (Å²) < 4.78 is 34.6. The SMILES string of the molecule is Cn1cnc(S(=O)(=O)NCc2cccnc2OC2CCCC2)c1Cl. The summed E-state index contributed by atoms with van der Waals surface area (Å²) in [5, 5.41) is -0.120. The molecule has 2 heterocycles. The van der Waals surface area contributed by atoms with Gasteiger partial charge in [-0.3, -0.25) is 0 Å². The van der Waals surface area contributed by atoms with Crippen molar-refractivity contribution in [3.63, 3.8) is 0 Å². The number of aryl methyl sites for hydroxylation is 1. The third-order valence-electron chi connectivity index (χ3n) is 3.97. The van der Waals surface area contributed by atoms with Crippen molar-refractivity contribution in [3.8, 4) is 5.88 Å². The van der Waals surface area contributed by atoms with E-state index in [9.17, 15) is 8.42 Å². The first kappa shape index (κ1) is 17.2. The largest absolute Gasteiger partial charge is 0.474 e. The van der Waals surface area contributed by atoms with Crippen LogP contribution in [0.5, 0.6) is 5.88 Å². The highest BCUT2D eigenvalue weighted by Crippen LogP contribution is 2.25. The van der Waals surface area contributed by atoms with E-state index in [1.165, 1.54) is 10.9 Å². The van der Waals surface area contributed by atoms with Gasteiger partial charge >= 0.3 is 0 Å². The number of nitrogens with zero attached hydrogens (tertiary/aromatic N) is 3. The molecule has 24 heavy (non-hydrogen) atoms. The van der Waals surface area contributed by atoms with E-state index in [0.29, 0.717) is 11.4 Å². The molecule has 1 aliphatic carbocycles. The third-order valence-corrected chi connectivity index (χ3v) is 5.86. The van der Waals surface area contributed by atoms with Crippen LogP contribution in [0, 0.1) is 0 Å². The molecule has 130 valence electrons. The minimum Gasteiger partial charge on any atom is -0.474 e. The van der Waals surface area contributed by atoms with Crippen molar-refractivity contribution in [2.24, 2.45) is 7.05 Å². The van der Waals surface area contributed by atoms with Crippen LogP contribution in [0.2, 0.25) is 5.15 Å². The lowest BCUT2D eigenvalue weighted by atomic mass is 10.2. The summed E-state index contributed by atoms with van der Waals surface area (Å²) in [4.78, 5) is 8.07. The van der Waals surface area contributed by atoms with Crippen molar-refractivity contribution in [1.29, 1.82) is 0 Å². The smallest absolute Gasteiger partial charge is 0.261 e. The number of hydrogen-bond acceptors (Lipinski definition) is 5. The van der Waals surface area contributed by atoms with Crippen molar-refractivity contribution in [2.45, 2.75) is 43.4 Å². The number of sulfonamides is 1. The zero-order valence-corrected chi connectivity index (χ0v) is 14.8. The quantitative estimate of drug-likeness (QED) is 0.842. The van der Waals surface area contributed by atoms with Gasteiger partial charge in [0.25, 0.3) is 10.0 Å². The number of nitrogens with one attached hydrogen (secondary N) is 1. The summed E-state index contributed by atoms with van der Waals surface area (Å²) in [6, 6.07) is 3.54. The topological polar surface area (TPSA) is 86.1 Å². The second-order valence-corrected chi connectivity index (χ2v) is 7.81. The maximum absolute atomic E-state index is 12.4. The van der Waals surface area contributed by atoms with Gasteiger partial charge in [0.15, 0.2) is 0 Å². The summed E-state index contributed by atoms with van der Waals surface area (Å²) in [5.74, 6) is 0.471. The number of aromatic nitrogens is 3. The van der Waals surface area contributed by atoms with E-state index in [1.807, 2.05) is 0 Å². The van der Waals surface area contributed by atoms with Crippen LogP contribution in [-0.2, 0) is 23.6 Å². The molecule has 0 bridgehead atoms. The van der Waals surface area contributed by atoms with Gasteiger partial charge in [-0.1, -0.05) is 17.7 Å². The monoisotopic (exact) mass is 370 g/mol. The molecule has 3 rings (SSSR count). The first-order valence-corrected chi connectivity index (χ1v) is 9.60. The van der Waals surface area contributed by atoms with Crippen LogP contribution in [0.15, 0.2) is 29.7 Å². The van der Waals surface area contributed by atoms with Gasteiger partial charge in [-0.15, -0.1) is 0 Å².